The molecule has 1 heterocycles. The van der Waals surface area contributed by atoms with Crippen LogP contribution in [-0.2, 0) is 24.2 Å². The van der Waals surface area contributed by atoms with Crippen molar-refractivity contribution in [2.24, 2.45) is 0 Å². The second-order valence-corrected chi connectivity index (χ2v) is 8.68. The van der Waals surface area contributed by atoms with E-state index < -0.39 is 21.9 Å². The number of amides is 1. The van der Waals surface area contributed by atoms with Crippen LogP contribution >= 0.6 is 0 Å². The summed E-state index contributed by atoms with van der Waals surface area (Å²) in [5, 5.41) is 0. The average molecular weight is 379 g/mol. The van der Waals surface area contributed by atoms with Gasteiger partial charge >= 0.3 is 5.97 Å². The van der Waals surface area contributed by atoms with Crippen LogP contribution < -0.4 is 0 Å². The Labute approximate surface area is 154 Å². The number of rotatable bonds is 6. The van der Waals surface area contributed by atoms with Gasteiger partial charge in [-0.1, -0.05) is 24.3 Å². The first-order valence-corrected chi connectivity index (χ1v) is 10.5. The Morgan fingerprint density at radius 2 is 2.04 bits per heavy atom. The number of aryl methyl sites for hydroxylation is 1. The molecule has 1 aliphatic heterocycles. The average Bonchev–Trinajstić information content (AvgIpc) is 2.94. The van der Waals surface area contributed by atoms with Crippen molar-refractivity contribution in [2.45, 2.75) is 39.3 Å². The van der Waals surface area contributed by atoms with Gasteiger partial charge in [-0.2, -0.15) is 0 Å². The maximum Gasteiger partial charge on any atom is 0.331 e. The standard InChI is InChI=1S/C19H25NO5S/c1-4-20(17-11-12-26(23,24)13-17)19(22)15(3)25-18(21)10-9-16-8-6-5-7-14(16)2/h5-10,15,17H,4,11-13H2,1-3H3/b10-9+/t15-,17+/m0/s1. The van der Waals surface area contributed by atoms with Crippen molar-refractivity contribution < 1.29 is 22.7 Å². The first kappa shape index (κ1) is 20.2. The first-order chi connectivity index (χ1) is 12.2. The molecule has 1 aromatic rings. The Morgan fingerprint density at radius 1 is 1.35 bits per heavy atom. The molecule has 2 rings (SSSR count). The normalized spacial score (nSPS) is 20.0. The molecule has 0 unspecified atom stereocenters. The van der Waals surface area contributed by atoms with E-state index in [0.29, 0.717) is 13.0 Å². The summed E-state index contributed by atoms with van der Waals surface area (Å²) in [6.45, 7) is 5.61. The van der Waals surface area contributed by atoms with Crippen molar-refractivity contribution >= 4 is 27.8 Å². The zero-order valence-corrected chi connectivity index (χ0v) is 16.2. The summed E-state index contributed by atoms with van der Waals surface area (Å²) >= 11 is 0. The number of sulfone groups is 1. The van der Waals surface area contributed by atoms with E-state index in [1.165, 1.54) is 17.9 Å². The molecule has 0 spiro atoms. The van der Waals surface area contributed by atoms with Gasteiger partial charge in [0.15, 0.2) is 15.9 Å². The number of esters is 1. The number of ether oxygens (including phenoxy) is 1. The largest absolute Gasteiger partial charge is 0.449 e. The molecule has 0 bridgehead atoms. The molecule has 0 aliphatic carbocycles. The van der Waals surface area contributed by atoms with Crippen LogP contribution in [0, 0.1) is 6.92 Å². The SMILES string of the molecule is CCN(C(=O)[C@H](C)OC(=O)/C=C/c1ccccc1C)[C@@H]1CCS(=O)(=O)C1. The number of carbonyl (C=O) groups excluding carboxylic acids is 2. The van der Waals surface area contributed by atoms with Gasteiger partial charge in [0, 0.05) is 18.7 Å². The zero-order chi connectivity index (χ0) is 19.3. The quantitative estimate of drug-likeness (QED) is 0.558. The molecule has 6 nitrogen and oxygen atoms in total. The van der Waals surface area contributed by atoms with Crippen LogP contribution in [0.25, 0.3) is 6.08 Å². The molecule has 0 aromatic heterocycles. The van der Waals surface area contributed by atoms with E-state index in [1.807, 2.05) is 31.2 Å². The van der Waals surface area contributed by atoms with E-state index in [2.05, 4.69) is 0 Å². The molecule has 1 aromatic carbocycles. The van der Waals surface area contributed by atoms with Crippen LogP contribution in [0.2, 0.25) is 0 Å². The van der Waals surface area contributed by atoms with Crippen LogP contribution in [0.5, 0.6) is 0 Å². The number of benzene rings is 1. The minimum absolute atomic E-state index is 0.0273. The number of nitrogens with zero attached hydrogens (tertiary/aromatic N) is 1. The van der Waals surface area contributed by atoms with Crippen LogP contribution in [0.4, 0.5) is 0 Å². The number of hydrogen-bond donors (Lipinski definition) is 0. The van der Waals surface area contributed by atoms with Gasteiger partial charge in [0.05, 0.1) is 11.5 Å². The highest BCUT2D eigenvalue weighted by atomic mass is 32.2. The molecule has 0 N–H and O–H groups in total. The summed E-state index contributed by atoms with van der Waals surface area (Å²) in [6.07, 6.45) is 2.40. The highest BCUT2D eigenvalue weighted by Crippen LogP contribution is 2.19. The minimum atomic E-state index is -3.09. The van der Waals surface area contributed by atoms with Crippen molar-refractivity contribution in [1.82, 2.24) is 4.90 Å². The molecule has 1 saturated heterocycles. The fraction of sp³-hybridized carbons (Fsp3) is 0.474. The van der Waals surface area contributed by atoms with Crippen molar-refractivity contribution in [3.63, 3.8) is 0 Å². The predicted octanol–water partition coefficient (Wildman–Crippen LogP) is 1.98. The lowest BCUT2D eigenvalue weighted by atomic mass is 10.1. The Hall–Kier alpha value is -2.15. The maximum absolute atomic E-state index is 12.6. The topological polar surface area (TPSA) is 80.8 Å². The summed E-state index contributed by atoms with van der Waals surface area (Å²) in [5.41, 5.74) is 1.93. The number of carbonyl (C=O) groups is 2. The second-order valence-electron chi connectivity index (χ2n) is 6.45. The third-order valence-electron chi connectivity index (χ3n) is 4.50. The predicted molar refractivity (Wildman–Crippen MR) is 100 cm³/mol. The Bertz CT molecular complexity index is 800. The summed E-state index contributed by atoms with van der Waals surface area (Å²) in [6, 6.07) is 7.26. The second kappa shape index (κ2) is 8.49. The maximum atomic E-state index is 12.6. The number of likely N-dealkylation sites (N-methyl/N-ethyl adjacent to an activating group) is 1. The molecule has 2 atom stereocenters. The molecule has 1 amide bonds. The van der Waals surface area contributed by atoms with Crippen molar-refractivity contribution in [1.29, 1.82) is 0 Å². The molecule has 1 fully saturated rings. The summed E-state index contributed by atoms with van der Waals surface area (Å²) < 4.78 is 28.5. The van der Waals surface area contributed by atoms with Gasteiger partial charge in [-0.25, -0.2) is 13.2 Å². The highest BCUT2D eigenvalue weighted by Gasteiger charge is 2.36. The summed E-state index contributed by atoms with van der Waals surface area (Å²) in [7, 11) is -3.09. The lowest BCUT2D eigenvalue weighted by Crippen LogP contribution is -2.46. The smallest absolute Gasteiger partial charge is 0.331 e. The fourth-order valence-electron chi connectivity index (χ4n) is 3.04. The molecular weight excluding hydrogens is 354 g/mol. The van der Waals surface area contributed by atoms with Crippen molar-refractivity contribution in [3.8, 4) is 0 Å². The van der Waals surface area contributed by atoms with Gasteiger partial charge in [-0.05, 0) is 44.4 Å². The van der Waals surface area contributed by atoms with Gasteiger partial charge in [0.1, 0.15) is 0 Å². The zero-order valence-electron chi connectivity index (χ0n) is 15.3. The lowest BCUT2D eigenvalue weighted by molar-refractivity contribution is -0.156. The van der Waals surface area contributed by atoms with Crippen molar-refractivity contribution in [3.05, 3.63) is 41.5 Å². The van der Waals surface area contributed by atoms with Crippen molar-refractivity contribution in [2.75, 3.05) is 18.1 Å². The summed E-state index contributed by atoms with van der Waals surface area (Å²) in [4.78, 5) is 26.1. The Morgan fingerprint density at radius 3 is 2.62 bits per heavy atom. The van der Waals surface area contributed by atoms with Gasteiger partial charge in [-0.15, -0.1) is 0 Å². The molecule has 7 heteroatoms. The van der Waals surface area contributed by atoms with Gasteiger partial charge in [0.25, 0.3) is 5.91 Å². The molecule has 0 radical (unpaired) electrons. The van der Waals surface area contributed by atoms with Crippen LogP contribution in [0.1, 0.15) is 31.4 Å². The summed E-state index contributed by atoms with van der Waals surface area (Å²) in [5.74, 6) is -0.911. The van der Waals surface area contributed by atoms with E-state index >= 15 is 0 Å². The Kier molecular flexibility index (Phi) is 6.58. The van der Waals surface area contributed by atoms with Crippen LogP contribution in [0.15, 0.2) is 30.3 Å². The van der Waals surface area contributed by atoms with Gasteiger partial charge in [0.2, 0.25) is 0 Å². The van der Waals surface area contributed by atoms with E-state index in [9.17, 15) is 18.0 Å². The van der Waals surface area contributed by atoms with E-state index in [0.717, 1.165) is 11.1 Å². The Balaban J connectivity index is 1.97. The van der Waals surface area contributed by atoms with E-state index in [-0.39, 0.29) is 23.5 Å². The minimum Gasteiger partial charge on any atom is -0.449 e. The third-order valence-corrected chi connectivity index (χ3v) is 6.25. The molecule has 26 heavy (non-hydrogen) atoms. The fourth-order valence-corrected chi connectivity index (χ4v) is 4.77. The van der Waals surface area contributed by atoms with Gasteiger partial charge < -0.3 is 9.64 Å². The number of hydrogen-bond acceptors (Lipinski definition) is 5. The monoisotopic (exact) mass is 379 g/mol. The van der Waals surface area contributed by atoms with E-state index in [1.54, 1.807) is 13.0 Å². The van der Waals surface area contributed by atoms with Gasteiger partial charge in [-0.3, -0.25) is 4.79 Å². The molecule has 0 saturated carbocycles. The first-order valence-electron chi connectivity index (χ1n) is 8.68. The van der Waals surface area contributed by atoms with E-state index in [4.69, 9.17) is 4.74 Å². The highest BCUT2D eigenvalue weighted by molar-refractivity contribution is 7.91. The molecule has 142 valence electrons. The lowest BCUT2D eigenvalue weighted by Gasteiger charge is -2.29. The van der Waals surface area contributed by atoms with Crippen LogP contribution in [-0.4, -0.2) is 55.4 Å². The molecule has 1 aliphatic rings. The third kappa shape index (κ3) is 5.17. The molecular formula is C19H25NO5S. The van der Waals surface area contributed by atoms with Crippen LogP contribution in [0.3, 0.4) is 0 Å².